The Morgan fingerprint density at radius 2 is 1.63 bits per heavy atom. The molecule has 8 heteroatoms. The second-order valence-corrected chi connectivity index (χ2v) is 6.70. The zero-order chi connectivity index (χ0) is 19.7. The summed E-state index contributed by atoms with van der Waals surface area (Å²) in [6.07, 6.45) is 0. The van der Waals surface area contributed by atoms with E-state index in [2.05, 4.69) is 0 Å². The Morgan fingerprint density at radius 1 is 1.04 bits per heavy atom. The Kier molecular flexibility index (Phi) is 5.30. The first kappa shape index (κ1) is 19.1. The van der Waals surface area contributed by atoms with E-state index in [1.54, 1.807) is 12.1 Å². The monoisotopic (exact) mass is 405 g/mol. The summed E-state index contributed by atoms with van der Waals surface area (Å²) in [4.78, 5) is 50.1. The average Bonchev–Trinajstić information content (AvgIpc) is 2.90. The largest absolute Gasteiger partial charge is 0.456 e. The molecule has 1 heterocycles. The lowest BCUT2D eigenvalue weighted by molar-refractivity contribution is -0.146. The smallest absolute Gasteiger partial charge is 0.329 e. The molecule has 1 aliphatic rings. The topological polar surface area (TPSA) is 80.8 Å². The number of halogens is 2. The molecule has 0 saturated carbocycles. The molecule has 0 saturated heterocycles. The van der Waals surface area contributed by atoms with Crippen LogP contribution in [-0.4, -0.2) is 41.1 Å². The van der Waals surface area contributed by atoms with Crippen molar-refractivity contribution in [3.05, 3.63) is 69.2 Å². The van der Waals surface area contributed by atoms with Crippen LogP contribution in [0.1, 0.15) is 38.0 Å². The first-order valence-corrected chi connectivity index (χ1v) is 8.68. The second kappa shape index (κ2) is 7.50. The Labute approximate surface area is 164 Å². The maximum atomic E-state index is 12.4. The van der Waals surface area contributed by atoms with Crippen molar-refractivity contribution in [1.82, 2.24) is 4.90 Å². The van der Waals surface area contributed by atoms with Crippen molar-refractivity contribution in [2.75, 3.05) is 6.61 Å². The van der Waals surface area contributed by atoms with E-state index in [-0.39, 0.29) is 21.7 Å². The maximum Gasteiger partial charge on any atom is 0.329 e. The van der Waals surface area contributed by atoms with Crippen LogP contribution in [0.3, 0.4) is 0 Å². The molecule has 0 spiro atoms. The van der Waals surface area contributed by atoms with E-state index in [9.17, 15) is 19.2 Å². The van der Waals surface area contributed by atoms with Crippen LogP contribution >= 0.6 is 23.2 Å². The van der Waals surface area contributed by atoms with Crippen molar-refractivity contribution >= 4 is 46.8 Å². The summed E-state index contributed by atoms with van der Waals surface area (Å²) in [6, 6.07) is 9.43. The quantitative estimate of drug-likeness (QED) is 0.432. The van der Waals surface area contributed by atoms with Crippen LogP contribution in [0, 0.1) is 0 Å². The SMILES string of the molecule is CC(C(=O)OCC(=O)c1ccc(Cl)cc1Cl)N1C(=O)c2ccccc2C1=O. The molecule has 6 nitrogen and oxygen atoms in total. The normalized spacial score (nSPS) is 14.1. The van der Waals surface area contributed by atoms with Crippen molar-refractivity contribution in [2.24, 2.45) is 0 Å². The molecule has 0 bridgehead atoms. The fraction of sp³-hybridized carbons (Fsp3) is 0.158. The van der Waals surface area contributed by atoms with Gasteiger partial charge in [0.15, 0.2) is 6.61 Å². The Bertz CT molecular complexity index is 937. The number of ether oxygens (including phenoxy) is 1. The molecule has 2 aromatic rings. The van der Waals surface area contributed by atoms with Gasteiger partial charge in [-0.3, -0.25) is 19.3 Å². The summed E-state index contributed by atoms with van der Waals surface area (Å²) in [6.45, 7) is 0.789. The third kappa shape index (κ3) is 3.59. The zero-order valence-electron chi connectivity index (χ0n) is 14.1. The molecule has 3 rings (SSSR count). The van der Waals surface area contributed by atoms with Gasteiger partial charge in [-0.2, -0.15) is 0 Å². The number of Topliss-reactive ketones (excluding diaryl/α,β-unsaturated/α-hetero) is 1. The van der Waals surface area contributed by atoms with Crippen molar-refractivity contribution in [2.45, 2.75) is 13.0 Å². The minimum Gasteiger partial charge on any atom is -0.456 e. The zero-order valence-corrected chi connectivity index (χ0v) is 15.6. The van der Waals surface area contributed by atoms with E-state index in [0.29, 0.717) is 5.02 Å². The lowest BCUT2D eigenvalue weighted by Gasteiger charge is -2.20. The number of fused-ring (bicyclic) bond motifs is 1. The van der Waals surface area contributed by atoms with Crippen LogP contribution in [0.4, 0.5) is 0 Å². The number of imide groups is 1. The highest BCUT2D eigenvalue weighted by Gasteiger charge is 2.41. The van der Waals surface area contributed by atoms with Crippen LogP contribution < -0.4 is 0 Å². The first-order chi connectivity index (χ1) is 12.8. The predicted octanol–water partition coefficient (Wildman–Crippen LogP) is 3.40. The van der Waals surface area contributed by atoms with E-state index < -0.39 is 36.2 Å². The van der Waals surface area contributed by atoms with Gasteiger partial charge in [-0.25, -0.2) is 4.79 Å². The summed E-state index contributed by atoms with van der Waals surface area (Å²) >= 11 is 11.7. The molecule has 2 aromatic carbocycles. The number of carbonyl (C=O) groups excluding carboxylic acids is 4. The summed E-state index contributed by atoms with van der Waals surface area (Å²) in [5, 5.41) is 0.504. The fourth-order valence-corrected chi connectivity index (χ4v) is 3.23. The van der Waals surface area contributed by atoms with Gasteiger partial charge in [0.2, 0.25) is 5.78 Å². The van der Waals surface area contributed by atoms with Crippen LogP contribution in [0.15, 0.2) is 42.5 Å². The van der Waals surface area contributed by atoms with Gasteiger partial charge in [0.1, 0.15) is 6.04 Å². The van der Waals surface area contributed by atoms with Crippen molar-refractivity contribution in [1.29, 1.82) is 0 Å². The lowest BCUT2D eigenvalue weighted by atomic mass is 10.1. The van der Waals surface area contributed by atoms with Gasteiger partial charge in [0.05, 0.1) is 16.1 Å². The number of hydrogen-bond acceptors (Lipinski definition) is 5. The first-order valence-electron chi connectivity index (χ1n) is 7.93. The number of carbonyl (C=O) groups is 4. The Morgan fingerprint density at radius 3 is 2.19 bits per heavy atom. The number of esters is 1. The molecule has 1 aliphatic heterocycles. The van der Waals surface area contributed by atoms with Crippen LogP contribution in [0.5, 0.6) is 0 Å². The summed E-state index contributed by atoms with van der Waals surface area (Å²) in [5.41, 5.74) is 0.611. The van der Waals surface area contributed by atoms with Crippen molar-refractivity contribution in [3.8, 4) is 0 Å². The highest BCUT2D eigenvalue weighted by Crippen LogP contribution is 2.25. The standard InChI is InChI=1S/C19H13Cl2NO5/c1-10(22-17(24)12-4-2-3-5-13(12)18(22)25)19(26)27-9-16(23)14-7-6-11(20)8-15(14)21/h2-8,10H,9H2,1H3. The molecule has 0 N–H and O–H groups in total. The van der Waals surface area contributed by atoms with Crippen molar-refractivity contribution in [3.63, 3.8) is 0 Å². The van der Waals surface area contributed by atoms with Crippen LogP contribution in [0.2, 0.25) is 10.0 Å². The van der Waals surface area contributed by atoms with E-state index in [4.69, 9.17) is 27.9 Å². The van der Waals surface area contributed by atoms with E-state index >= 15 is 0 Å². The molecule has 0 fully saturated rings. The average molecular weight is 406 g/mol. The fourth-order valence-electron chi connectivity index (χ4n) is 2.72. The highest BCUT2D eigenvalue weighted by atomic mass is 35.5. The predicted molar refractivity (Wildman–Crippen MR) is 98.2 cm³/mol. The Hall–Kier alpha value is -2.70. The number of ketones is 1. The minimum absolute atomic E-state index is 0.136. The number of hydrogen-bond donors (Lipinski definition) is 0. The number of benzene rings is 2. The van der Waals surface area contributed by atoms with Crippen molar-refractivity contribution < 1.29 is 23.9 Å². The van der Waals surface area contributed by atoms with Gasteiger partial charge in [0, 0.05) is 10.6 Å². The molecule has 0 aromatic heterocycles. The summed E-state index contributed by atoms with van der Waals surface area (Å²) in [5.74, 6) is -2.55. The van der Waals surface area contributed by atoms with E-state index in [1.807, 2.05) is 0 Å². The molecule has 1 unspecified atom stereocenters. The van der Waals surface area contributed by atoms with Gasteiger partial charge in [-0.1, -0.05) is 35.3 Å². The van der Waals surface area contributed by atoms with Gasteiger partial charge < -0.3 is 4.74 Å². The molecule has 27 heavy (non-hydrogen) atoms. The number of rotatable bonds is 5. The van der Waals surface area contributed by atoms with E-state index in [0.717, 1.165) is 4.90 Å². The highest BCUT2D eigenvalue weighted by molar-refractivity contribution is 6.36. The Balaban J connectivity index is 1.67. The maximum absolute atomic E-state index is 12.4. The van der Waals surface area contributed by atoms with Crippen LogP contribution in [-0.2, 0) is 9.53 Å². The molecule has 1 atom stereocenters. The molecular formula is C19H13Cl2NO5. The molecule has 138 valence electrons. The lowest BCUT2D eigenvalue weighted by Crippen LogP contribution is -2.44. The molecular weight excluding hydrogens is 393 g/mol. The van der Waals surface area contributed by atoms with Gasteiger partial charge in [-0.15, -0.1) is 0 Å². The van der Waals surface area contributed by atoms with Gasteiger partial charge >= 0.3 is 5.97 Å². The summed E-state index contributed by atoms with van der Waals surface area (Å²) < 4.78 is 4.99. The molecule has 0 aliphatic carbocycles. The molecule has 2 amide bonds. The third-order valence-electron chi connectivity index (χ3n) is 4.13. The van der Waals surface area contributed by atoms with Crippen LogP contribution in [0.25, 0.3) is 0 Å². The number of amides is 2. The van der Waals surface area contributed by atoms with E-state index in [1.165, 1.54) is 37.3 Å². The molecule has 0 radical (unpaired) electrons. The summed E-state index contributed by atoms with van der Waals surface area (Å²) in [7, 11) is 0. The third-order valence-corrected chi connectivity index (χ3v) is 4.68. The number of nitrogens with zero attached hydrogens (tertiary/aromatic N) is 1. The van der Waals surface area contributed by atoms with Gasteiger partial charge in [0.25, 0.3) is 11.8 Å². The van der Waals surface area contributed by atoms with Gasteiger partial charge in [-0.05, 0) is 37.3 Å². The second-order valence-electron chi connectivity index (χ2n) is 5.86. The minimum atomic E-state index is -1.18.